The van der Waals surface area contributed by atoms with Crippen molar-refractivity contribution in [2.75, 3.05) is 5.32 Å². The van der Waals surface area contributed by atoms with Gasteiger partial charge in [0.1, 0.15) is 6.33 Å². The Labute approximate surface area is 183 Å². The van der Waals surface area contributed by atoms with Crippen molar-refractivity contribution in [1.82, 2.24) is 19.7 Å². The van der Waals surface area contributed by atoms with Gasteiger partial charge in [0, 0.05) is 11.1 Å². The predicted molar refractivity (Wildman–Crippen MR) is 127 cm³/mol. The van der Waals surface area contributed by atoms with Crippen LogP contribution in [0.5, 0.6) is 0 Å². The van der Waals surface area contributed by atoms with Crippen molar-refractivity contribution in [2.24, 2.45) is 5.73 Å². The van der Waals surface area contributed by atoms with Crippen molar-refractivity contribution in [2.45, 2.75) is 19.5 Å². The Balaban J connectivity index is 1.43. The Hall–Kier alpha value is -3.73. The van der Waals surface area contributed by atoms with Gasteiger partial charge in [0.2, 0.25) is 0 Å². The number of nitrogens with zero attached hydrogens (tertiary/aromatic N) is 4. The molecule has 0 saturated heterocycles. The molecule has 0 spiro atoms. The first kappa shape index (κ1) is 19.2. The third kappa shape index (κ3) is 4.12. The molecule has 0 amide bonds. The number of anilines is 2. The highest BCUT2D eigenvalue weighted by Gasteiger charge is 2.10. The fraction of sp³-hybridized carbons (Fsp3) is 0.125. The number of thiophene rings is 1. The highest BCUT2D eigenvalue weighted by molar-refractivity contribution is 7.20. The first-order chi connectivity index (χ1) is 15.2. The summed E-state index contributed by atoms with van der Waals surface area (Å²) in [6, 6.07) is 18.4. The van der Waals surface area contributed by atoms with Crippen LogP contribution in [0, 0.1) is 11.8 Å². The highest BCUT2D eigenvalue weighted by Crippen LogP contribution is 2.31. The number of aromatic nitrogens is 4. The van der Waals surface area contributed by atoms with E-state index in [0.717, 1.165) is 44.0 Å². The summed E-state index contributed by atoms with van der Waals surface area (Å²) in [7, 11) is 0. The lowest BCUT2D eigenvalue weighted by atomic mass is 10.2. The van der Waals surface area contributed by atoms with Crippen LogP contribution in [-0.4, -0.2) is 25.8 Å². The Kier molecular flexibility index (Phi) is 5.08. The van der Waals surface area contributed by atoms with E-state index in [-0.39, 0.29) is 6.04 Å². The van der Waals surface area contributed by atoms with Crippen molar-refractivity contribution in [3.8, 4) is 11.8 Å². The van der Waals surface area contributed by atoms with Gasteiger partial charge < -0.3 is 11.1 Å². The number of hydrogen-bond acceptors (Lipinski definition) is 6. The molecule has 3 N–H and O–H groups in total. The minimum absolute atomic E-state index is 0.163. The van der Waals surface area contributed by atoms with Crippen LogP contribution in [-0.2, 0) is 6.54 Å². The smallest absolute Gasteiger partial charge is 0.151 e. The molecule has 7 heteroatoms. The molecule has 3 heterocycles. The molecule has 0 saturated carbocycles. The largest absolute Gasteiger partial charge is 0.339 e. The standard InChI is InChI=1S/C24H20N6S/c1-16(25)7-9-20-12-21-23(31-20)24(27-15-26-21)29-19-8-10-22-18(11-19)13-28-30(22)14-17-5-3-2-4-6-17/h2-6,8,10-13,15-16H,14,25H2,1H3,(H,26,27,29)/t16-/m0/s1. The number of nitrogens with one attached hydrogen (secondary N) is 1. The van der Waals surface area contributed by atoms with Gasteiger partial charge in [-0.1, -0.05) is 42.2 Å². The van der Waals surface area contributed by atoms with Gasteiger partial charge in [-0.3, -0.25) is 4.68 Å². The van der Waals surface area contributed by atoms with E-state index in [4.69, 9.17) is 5.73 Å². The predicted octanol–water partition coefficient (Wildman–Crippen LogP) is 4.53. The van der Waals surface area contributed by atoms with E-state index < -0.39 is 0 Å². The van der Waals surface area contributed by atoms with Crippen LogP contribution in [0.15, 0.2) is 67.1 Å². The summed E-state index contributed by atoms with van der Waals surface area (Å²) >= 11 is 1.56. The lowest BCUT2D eigenvalue weighted by molar-refractivity contribution is 0.712. The molecule has 6 nitrogen and oxygen atoms in total. The first-order valence-electron chi connectivity index (χ1n) is 9.94. The lowest BCUT2D eigenvalue weighted by Crippen LogP contribution is -2.10. The first-order valence-corrected chi connectivity index (χ1v) is 10.8. The SMILES string of the molecule is C[C@H](N)C#Cc1cc2ncnc(Nc3ccc4c(cnn4Cc4ccccc4)c3)c2s1. The molecule has 0 bridgehead atoms. The van der Waals surface area contributed by atoms with Crippen LogP contribution in [0.3, 0.4) is 0 Å². The summed E-state index contributed by atoms with van der Waals surface area (Å²) in [6.45, 7) is 2.61. The average Bonchev–Trinajstić information content (AvgIpc) is 3.37. The topological polar surface area (TPSA) is 81.7 Å². The molecular weight excluding hydrogens is 404 g/mol. The van der Waals surface area contributed by atoms with Crippen LogP contribution in [0.25, 0.3) is 21.1 Å². The Bertz CT molecular complexity index is 1420. The van der Waals surface area contributed by atoms with E-state index in [1.54, 1.807) is 17.7 Å². The zero-order valence-electron chi connectivity index (χ0n) is 16.9. The van der Waals surface area contributed by atoms with Gasteiger partial charge in [-0.2, -0.15) is 5.10 Å². The Morgan fingerprint density at radius 1 is 1.13 bits per heavy atom. The zero-order valence-corrected chi connectivity index (χ0v) is 17.7. The van der Waals surface area contributed by atoms with Crippen molar-refractivity contribution >= 4 is 44.0 Å². The summed E-state index contributed by atoms with van der Waals surface area (Å²) in [6.07, 6.45) is 3.46. The average molecular weight is 425 g/mol. The molecule has 0 aliphatic rings. The third-order valence-electron chi connectivity index (χ3n) is 4.81. The molecule has 5 aromatic rings. The van der Waals surface area contributed by atoms with Crippen molar-refractivity contribution in [1.29, 1.82) is 0 Å². The number of nitrogens with two attached hydrogens (primary N) is 1. The molecule has 1 atom stereocenters. The van der Waals surface area contributed by atoms with Gasteiger partial charge in [-0.25, -0.2) is 9.97 Å². The van der Waals surface area contributed by atoms with Gasteiger partial charge in [0.05, 0.1) is 39.4 Å². The molecule has 0 fully saturated rings. The molecule has 0 radical (unpaired) electrons. The van der Waals surface area contributed by atoms with Gasteiger partial charge in [-0.05, 0) is 36.8 Å². The number of fused-ring (bicyclic) bond motifs is 2. The fourth-order valence-corrected chi connectivity index (χ4v) is 4.29. The third-order valence-corrected chi connectivity index (χ3v) is 5.86. The minimum Gasteiger partial charge on any atom is -0.339 e. The normalized spacial score (nSPS) is 11.9. The summed E-state index contributed by atoms with van der Waals surface area (Å²) in [5.41, 5.74) is 9.87. The van der Waals surface area contributed by atoms with Crippen LogP contribution < -0.4 is 11.1 Å². The Morgan fingerprint density at radius 2 is 2.00 bits per heavy atom. The zero-order chi connectivity index (χ0) is 21.2. The van der Waals surface area contributed by atoms with E-state index in [2.05, 4.69) is 56.5 Å². The van der Waals surface area contributed by atoms with E-state index in [9.17, 15) is 0 Å². The van der Waals surface area contributed by atoms with Gasteiger partial charge in [-0.15, -0.1) is 11.3 Å². The van der Waals surface area contributed by atoms with Crippen LogP contribution >= 0.6 is 11.3 Å². The molecule has 0 unspecified atom stereocenters. The summed E-state index contributed by atoms with van der Waals surface area (Å²) in [5, 5.41) is 9.06. The number of rotatable bonds is 4. The van der Waals surface area contributed by atoms with Crippen molar-refractivity contribution in [3.63, 3.8) is 0 Å². The van der Waals surface area contributed by atoms with E-state index in [0.29, 0.717) is 0 Å². The molecule has 2 aromatic carbocycles. The molecule has 0 aliphatic carbocycles. The summed E-state index contributed by atoms with van der Waals surface area (Å²) in [5.74, 6) is 6.86. The molecule has 31 heavy (non-hydrogen) atoms. The van der Waals surface area contributed by atoms with E-state index in [1.165, 1.54) is 5.56 Å². The maximum absolute atomic E-state index is 5.74. The van der Waals surface area contributed by atoms with Crippen LogP contribution in [0.1, 0.15) is 17.4 Å². The molecule has 3 aromatic heterocycles. The van der Waals surface area contributed by atoms with Gasteiger partial charge in [0.25, 0.3) is 0 Å². The summed E-state index contributed by atoms with van der Waals surface area (Å²) < 4.78 is 2.98. The second kappa shape index (κ2) is 8.19. The number of benzene rings is 2. The maximum Gasteiger partial charge on any atom is 0.151 e. The molecule has 5 rings (SSSR count). The Morgan fingerprint density at radius 3 is 2.84 bits per heavy atom. The quantitative estimate of drug-likeness (QED) is 0.414. The van der Waals surface area contributed by atoms with Crippen molar-refractivity contribution in [3.05, 3.63) is 77.6 Å². The monoisotopic (exact) mass is 424 g/mol. The van der Waals surface area contributed by atoms with Crippen LogP contribution in [0.4, 0.5) is 11.5 Å². The fourth-order valence-electron chi connectivity index (χ4n) is 3.37. The second-order valence-electron chi connectivity index (χ2n) is 7.29. The van der Waals surface area contributed by atoms with E-state index >= 15 is 0 Å². The molecule has 152 valence electrons. The van der Waals surface area contributed by atoms with Gasteiger partial charge in [0.15, 0.2) is 5.82 Å². The number of hydrogen-bond donors (Lipinski definition) is 2. The summed E-state index contributed by atoms with van der Waals surface area (Å²) in [4.78, 5) is 9.74. The van der Waals surface area contributed by atoms with Crippen molar-refractivity contribution < 1.29 is 0 Å². The lowest BCUT2D eigenvalue weighted by Gasteiger charge is -2.07. The van der Waals surface area contributed by atoms with E-state index in [1.807, 2.05) is 48.1 Å². The van der Waals surface area contributed by atoms with Gasteiger partial charge >= 0.3 is 0 Å². The molecule has 0 aliphatic heterocycles. The minimum atomic E-state index is -0.163. The molecular formula is C24H20N6S. The second-order valence-corrected chi connectivity index (χ2v) is 8.34. The maximum atomic E-state index is 5.74. The highest BCUT2D eigenvalue weighted by atomic mass is 32.1. The van der Waals surface area contributed by atoms with Crippen LogP contribution in [0.2, 0.25) is 0 Å².